The maximum Gasteiger partial charge on any atom is 0.257 e. The number of aromatic nitrogens is 2. The first kappa shape index (κ1) is 15.0. The van der Waals surface area contributed by atoms with E-state index in [9.17, 15) is 4.79 Å². The highest BCUT2D eigenvalue weighted by Gasteiger charge is 2.18. The Balaban J connectivity index is 2.22. The standard InChI is InChI=1S/C16H20N4O/c1-4-20(10-13-7-5-6-11(2)19-13)16(21)14-9-18-12(3)8-15(14)17/h5-9H,4,10H2,1-3H3,(H2,17,18). The molecule has 0 unspecified atom stereocenters. The van der Waals surface area contributed by atoms with E-state index in [4.69, 9.17) is 5.73 Å². The lowest BCUT2D eigenvalue weighted by Crippen LogP contribution is -2.31. The van der Waals surface area contributed by atoms with Crippen LogP contribution in [0, 0.1) is 13.8 Å². The summed E-state index contributed by atoms with van der Waals surface area (Å²) in [6.45, 7) is 6.76. The third kappa shape index (κ3) is 3.56. The SMILES string of the molecule is CCN(Cc1cccc(C)n1)C(=O)c1cnc(C)cc1N. The van der Waals surface area contributed by atoms with Gasteiger partial charge in [0.25, 0.3) is 5.91 Å². The molecule has 0 aliphatic carbocycles. The number of carbonyl (C=O) groups excluding carboxylic acids is 1. The van der Waals surface area contributed by atoms with Crippen LogP contribution in [0.25, 0.3) is 0 Å². The Labute approximate surface area is 124 Å². The molecular weight excluding hydrogens is 264 g/mol. The molecule has 2 N–H and O–H groups in total. The van der Waals surface area contributed by atoms with Crippen molar-refractivity contribution in [2.75, 3.05) is 12.3 Å². The summed E-state index contributed by atoms with van der Waals surface area (Å²) < 4.78 is 0. The smallest absolute Gasteiger partial charge is 0.257 e. The van der Waals surface area contributed by atoms with Gasteiger partial charge in [0.15, 0.2) is 0 Å². The van der Waals surface area contributed by atoms with Gasteiger partial charge in [-0.1, -0.05) is 6.07 Å². The Kier molecular flexibility index (Phi) is 4.52. The first-order valence-electron chi connectivity index (χ1n) is 6.95. The first-order chi connectivity index (χ1) is 10.0. The number of hydrogen-bond donors (Lipinski definition) is 1. The normalized spacial score (nSPS) is 10.4. The summed E-state index contributed by atoms with van der Waals surface area (Å²) in [7, 11) is 0. The van der Waals surface area contributed by atoms with Crippen LogP contribution in [0.5, 0.6) is 0 Å². The van der Waals surface area contributed by atoms with E-state index in [0.717, 1.165) is 17.1 Å². The zero-order valence-corrected chi connectivity index (χ0v) is 12.6. The maximum atomic E-state index is 12.6. The van der Waals surface area contributed by atoms with Gasteiger partial charge in [0.2, 0.25) is 0 Å². The Bertz CT molecular complexity index is 654. The molecule has 2 heterocycles. The maximum absolute atomic E-state index is 12.6. The zero-order valence-electron chi connectivity index (χ0n) is 12.6. The van der Waals surface area contributed by atoms with E-state index < -0.39 is 0 Å². The Hall–Kier alpha value is -2.43. The number of hydrogen-bond acceptors (Lipinski definition) is 4. The Morgan fingerprint density at radius 3 is 2.67 bits per heavy atom. The van der Waals surface area contributed by atoms with Gasteiger partial charge in [-0.05, 0) is 39.0 Å². The van der Waals surface area contributed by atoms with Gasteiger partial charge in [0, 0.05) is 29.8 Å². The lowest BCUT2D eigenvalue weighted by molar-refractivity contribution is 0.0751. The number of nitrogens with zero attached hydrogens (tertiary/aromatic N) is 3. The minimum Gasteiger partial charge on any atom is -0.398 e. The molecule has 0 aliphatic heterocycles. The number of aryl methyl sites for hydroxylation is 2. The van der Waals surface area contributed by atoms with Crippen molar-refractivity contribution >= 4 is 11.6 Å². The van der Waals surface area contributed by atoms with Crippen LogP contribution in [-0.2, 0) is 6.54 Å². The third-order valence-electron chi connectivity index (χ3n) is 3.27. The molecular formula is C16H20N4O. The fraction of sp³-hybridized carbons (Fsp3) is 0.312. The highest BCUT2D eigenvalue weighted by Crippen LogP contribution is 2.15. The van der Waals surface area contributed by atoms with Crippen molar-refractivity contribution in [3.63, 3.8) is 0 Å². The quantitative estimate of drug-likeness (QED) is 0.935. The van der Waals surface area contributed by atoms with Gasteiger partial charge in [-0.25, -0.2) is 0 Å². The van der Waals surface area contributed by atoms with Crippen LogP contribution < -0.4 is 5.73 Å². The Morgan fingerprint density at radius 1 is 1.29 bits per heavy atom. The molecule has 2 aromatic heterocycles. The lowest BCUT2D eigenvalue weighted by Gasteiger charge is -2.21. The van der Waals surface area contributed by atoms with Crippen molar-refractivity contribution in [3.8, 4) is 0 Å². The molecule has 0 spiro atoms. The van der Waals surface area contributed by atoms with Crippen LogP contribution in [0.2, 0.25) is 0 Å². The molecule has 1 amide bonds. The van der Waals surface area contributed by atoms with Gasteiger partial charge in [0.05, 0.1) is 17.8 Å². The molecule has 110 valence electrons. The Morgan fingerprint density at radius 2 is 2.05 bits per heavy atom. The van der Waals surface area contributed by atoms with Crippen LogP contribution >= 0.6 is 0 Å². The van der Waals surface area contributed by atoms with Gasteiger partial charge < -0.3 is 10.6 Å². The molecule has 2 aromatic rings. The lowest BCUT2D eigenvalue weighted by atomic mass is 10.2. The molecule has 0 radical (unpaired) electrons. The monoisotopic (exact) mass is 284 g/mol. The molecule has 0 bridgehead atoms. The summed E-state index contributed by atoms with van der Waals surface area (Å²) in [5.41, 5.74) is 9.43. The van der Waals surface area contributed by atoms with Crippen molar-refractivity contribution in [1.29, 1.82) is 0 Å². The van der Waals surface area contributed by atoms with Gasteiger partial charge in [0.1, 0.15) is 0 Å². The number of amides is 1. The predicted molar refractivity (Wildman–Crippen MR) is 82.8 cm³/mol. The van der Waals surface area contributed by atoms with Gasteiger partial charge in [-0.15, -0.1) is 0 Å². The second-order valence-corrected chi connectivity index (χ2v) is 5.00. The molecule has 0 fully saturated rings. The summed E-state index contributed by atoms with van der Waals surface area (Å²) in [5.74, 6) is -0.120. The van der Waals surface area contributed by atoms with E-state index >= 15 is 0 Å². The predicted octanol–water partition coefficient (Wildman–Crippen LogP) is 2.34. The van der Waals surface area contributed by atoms with E-state index in [1.54, 1.807) is 17.2 Å². The van der Waals surface area contributed by atoms with Crippen LogP contribution in [0.4, 0.5) is 5.69 Å². The molecule has 0 atom stereocenters. The zero-order chi connectivity index (χ0) is 15.4. The highest BCUT2D eigenvalue weighted by atomic mass is 16.2. The minimum absolute atomic E-state index is 0.120. The fourth-order valence-electron chi connectivity index (χ4n) is 2.14. The van der Waals surface area contributed by atoms with Crippen molar-refractivity contribution in [2.45, 2.75) is 27.3 Å². The largest absolute Gasteiger partial charge is 0.398 e. The van der Waals surface area contributed by atoms with Gasteiger partial charge in [-0.2, -0.15) is 0 Å². The number of rotatable bonds is 4. The molecule has 0 saturated carbocycles. The molecule has 0 aromatic carbocycles. The summed E-state index contributed by atoms with van der Waals surface area (Å²) >= 11 is 0. The minimum atomic E-state index is -0.120. The van der Waals surface area contributed by atoms with Crippen molar-refractivity contribution in [3.05, 3.63) is 53.1 Å². The number of carbonyl (C=O) groups is 1. The summed E-state index contributed by atoms with van der Waals surface area (Å²) in [6.07, 6.45) is 1.54. The van der Waals surface area contributed by atoms with Crippen molar-refractivity contribution < 1.29 is 4.79 Å². The van der Waals surface area contributed by atoms with Gasteiger partial charge >= 0.3 is 0 Å². The number of nitrogen functional groups attached to an aromatic ring is 1. The van der Waals surface area contributed by atoms with Crippen molar-refractivity contribution in [2.24, 2.45) is 0 Å². The van der Waals surface area contributed by atoms with E-state index in [1.807, 2.05) is 39.0 Å². The van der Waals surface area contributed by atoms with E-state index in [0.29, 0.717) is 24.3 Å². The molecule has 21 heavy (non-hydrogen) atoms. The van der Waals surface area contributed by atoms with E-state index in [2.05, 4.69) is 9.97 Å². The molecule has 5 nitrogen and oxygen atoms in total. The van der Waals surface area contributed by atoms with Crippen LogP contribution in [-0.4, -0.2) is 27.3 Å². The van der Waals surface area contributed by atoms with E-state index in [-0.39, 0.29) is 5.91 Å². The third-order valence-corrected chi connectivity index (χ3v) is 3.27. The average Bonchev–Trinajstić information content (AvgIpc) is 2.44. The van der Waals surface area contributed by atoms with Crippen molar-refractivity contribution in [1.82, 2.24) is 14.9 Å². The highest BCUT2D eigenvalue weighted by molar-refractivity contribution is 5.98. The second kappa shape index (κ2) is 6.35. The topological polar surface area (TPSA) is 72.1 Å². The summed E-state index contributed by atoms with van der Waals surface area (Å²) in [6, 6.07) is 7.51. The summed E-state index contributed by atoms with van der Waals surface area (Å²) in [5, 5.41) is 0. The van der Waals surface area contributed by atoms with Crippen LogP contribution in [0.3, 0.4) is 0 Å². The van der Waals surface area contributed by atoms with E-state index in [1.165, 1.54) is 0 Å². The van der Waals surface area contributed by atoms with Crippen LogP contribution in [0.1, 0.15) is 34.4 Å². The molecule has 2 rings (SSSR count). The van der Waals surface area contributed by atoms with Gasteiger partial charge in [-0.3, -0.25) is 14.8 Å². The molecule has 5 heteroatoms. The fourth-order valence-corrected chi connectivity index (χ4v) is 2.14. The second-order valence-electron chi connectivity index (χ2n) is 5.00. The number of nitrogens with two attached hydrogens (primary N) is 1. The van der Waals surface area contributed by atoms with Crippen LogP contribution in [0.15, 0.2) is 30.5 Å². The number of pyridine rings is 2. The first-order valence-corrected chi connectivity index (χ1v) is 6.95. The molecule has 0 aliphatic rings. The average molecular weight is 284 g/mol. The number of anilines is 1. The molecule has 0 saturated heterocycles. The summed E-state index contributed by atoms with van der Waals surface area (Å²) in [4.78, 5) is 22.9.